The van der Waals surface area contributed by atoms with E-state index in [0.717, 1.165) is 20.8 Å². The molecule has 1 unspecified atom stereocenters. The molecule has 6 nitrogen and oxygen atoms in total. The molecule has 1 aliphatic heterocycles. The van der Waals surface area contributed by atoms with Crippen LogP contribution in [-0.4, -0.2) is 49.8 Å². The molecule has 174 valence electrons. The fourth-order valence-electron chi connectivity index (χ4n) is 3.73. The number of amides is 1. The first-order valence-corrected chi connectivity index (χ1v) is 14.6. The minimum atomic E-state index is -1.93. The Morgan fingerprint density at radius 2 is 2.00 bits per heavy atom. The average Bonchev–Trinajstić information content (AvgIpc) is 3.13. The predicted molar refractivity (Wildman–Crippen MR) is 131 cm³/mol. The van der Waals surface area contributed by atoms with Gasteiger partial charge in [0, 0.05) is 6.54 Å². The number of hydrogen-bond acceptors (Lipinski definition) is 6. The molecule has 0 saturated carbocycles. The third-order valence-corrected chi connectivity index (χ3v) is 12.4. The lowest BCUT2D eigenvalue weighted by Crippen LogP contribution is -2.58. The smallest absolute Gasteiger partial charge is 0.332 e. The lowest BCUT2D eigenvalue weighted by Gasteiger charge is -2.42. The van der Waals surface area contributed by atoms with Crippen molar-refractivity contribution in [1.82, 2.24) is 9.88 Å². The average molecular weight is 475 g/mol. The van der Waals surface area contributed by atoms with Crippen LogP contribution in [0.1, 0.15) is 57.2 Å². The Hall–Kier alpha value is -2.03. The minimum absolute atomic E-state index is 0.101. The molecule has 8 heteroatoms. The maximum absolute atomic E-state index is 13.0. The minimum Gasteiger partial charge on any atom is -0.467 e. The fourth-order valence-corrected chi connectivity index (χ4v) is 6.15. The summed E-state index contributed by atoms with van der Waals surface area (Å²) in [4.78, 5) is 31.6. The molecular formula is C24H34N2O4SSi. The molecule has 0 N–H and O–H groups in total. The van der Waals surface area contributed by atoms with E-state index in [1.807, 2.05) is 18.2 Å². The lowest BCUT2D eigenvalue weighted by atomic mass is 9.87. The summed E-state index contributed by atoms with van der Waals surface area (Å²) in [5.41, 5.74) is 2.34. The molecule has 0 aliphatic carbocycles. The Morgan fingerprint density at radius 1 is 1.34 bits per heavy atom. The van der Waals surface area contributed by atoms with Gasteiger partial charge in [0.2, 0.25) is 5.91 Å². The first kappa shape index (κ1) is 24.6. The van der Waals surface area contributed by atoms with Crippen LogP contribution in [0.25, 0.3) is 10.2 Å². The van der Waals surface area contributed by atoms with E-state index in [9.17, 15) is 9.59 Å². The highest BCUT2D eigenvalue weighted by atomic mass is 32.1. The molecule has 0 bridgehead atoms. The summed E-state index contributed by atoms with van der Waals surface area (Å²) in [6.07, 6.45) is -0.109. The van der Waals surface area contributed by atoms with Crippen molar-refractivity contribution in [2.75, 3.05) is 13.7 Å². The number of nitrogens with zero attached hydrogens (tertiary/aromatic N) is 2. The molecule has 32 heavy (non-hydrogen) atoms. The number of methoxy groups -OCH3 is 1. The number of thiazole rings is 1. The number of β-lactam (4-membered cyclic amide) rings is 1. The van der Waals surface area contributed by atoms with Gasteiger partial charge < -0.3 is 14.1 Å². The highest BCUT2D eigenvalue weighted by Crippen LogP contribution is 2.42. The third kappa shape index (κ3) is 4.40. The number of carbonyl (C=O) groups excluding carboxylic acids is 2. The number of fused-ring (bicyclic) bond motifs is 1. The standard InChI is InChI=1S/C24H34N2O4SSi/c1-14(2)20(23(28)29-7)26-13-17(22(26)27)16-11-10-12-18-19(16)25-21(31-18)15(3)30-32(8,9)24(4,5)6/h10-12,15,17,20H,1,13H2,2-9H3/t15?,17-,20-/m1/s1. The molecule has 2 heterocycles. The van der Waals surface area contributed by atoms with Crippen molar-refractivity contribution in [3.8, 4) is 0 Å². The summed E-state index contributed by atoms with van der Waals surface area (Å²) in [7, 11) is -0.611. The number of carbonyl (C=O) groups is 2. The van der Waals surface area contributed by atoms with E-state index < -0.39 is 20.3 Å². The molecule has 1 saturated heterocycles. The zero-order valence-corrected chi connectivity index (χ0v) is 22.1. The molecule has 1 aromatic carbocycles. The summed E-state index contributed by atoms with van der Waals surface area (Å²) in [5, 5.41) is 1.04. The topological polar surface area (TPSA) is 68.7 Å². The SMILES string of the molecule is C=C(C)[C@H](C(=O)OC)N1C[C@H](c2cccc3sc(C(C)O[Si](C)(C)C(C)(C)C)nc23)C1=O. The molecule has 1 amide bonds. The largest absolute Gasteiger partial charge is 0.467 e. The number of aromatic nitrogens is 1. The van der Waals surface area contributed by atoms with E-state index in [1.165, 1.54) is 12.0 Å². The molecule has 0 radical (unpaired) electrons. The Balaban J connectivity index is 1.86. The Morgan fingerprint density at radius 3 is 2.53 bits per heavy atom. The zero-order chi connectivity index (χ0) is 24.0. The summed E-state index contributed by atoms with van der Waals surface area (Å²) in [6.45, 7) is 19.2. The van der Waals surface area contributed by atoms with Crippen LogP contribution in [0.4, 0.5) is 0 Å². The number of esters is 1. The Bertz CT molecular complexity index is 1060. The van der Waals surface area contributed by atoms with Crippen LogP contribution in [0.3, 0.4) is 0 Å². The van der Waals surface area contributed by atoms with Gasteiger partial charge in [-0.05, 0) is 49.2 Å². The van der Waals surface area contributed by atoms with Gasteiger partial charge in [-0.15, -0.1) is 11.3 Å². The van der Waals surface area contributed by atoms with Crippen molar-refractivity contribution in [2.45, 2.75) is 70.8 Å². The molecular weight excluding hydrogens is 440 g/mol. The van der Waals surface area contributed by atoms with Gasteiger partial charge in [-0.1, -0.05) is 39.5 Å². The number of likely N-dealkylation sites (tertiary alicyclic amines) is 1. The summed E-state index contributed by atoms with van der Waals surface area (Å²) < 4.78 is 12.5. The van der Waals surface area contributed by atoms with Gasteiger partial charge in [0.1, 0.15) is 5.01 Å². The third-order valence-electron chi connectivity index (χ3n) is 6.63. The fraction of sp³-hybridized carbons (Fsp3) is 0.542. The number of rotatable bonds is 7. The quantitative estimate of drug-likeness (QED) is 0.232. The molecule has 3 atom stereocenters. The number of para-hydroxylation sites is 1. The first-order valence-electron chi connectivity index (χ1n) is 10.9. The zero-order valence-electron chi connectivity index (χ0n) is 20.3. The van der Waals surface area contributed by atoms with E-state index in [1.54, 1.807) is 18.3 Å². The van der Waals surface area contributed by atoms with Gasteiger partial charge >= 0.3 is 5.97 Å². The van der Waals surface area contributed by atoms with Crippen molar-refractivity contribution in [1.29, 1.82) is 0 Å². The van der Waals surface area contributed by atoms with Crippen LogP contribution in [0.2, 0.25) is 18.1 Å². The van der Waals surface area contributed by atoms with Gasteiger partial charge in [0.15, 0.2) is 14.4 Å². The van der Waals surface area contributed by atoms with E-state index in [4.69, 9.17) is 14.1 Å². The molecule has 1 aliphatic rings. The highest BCUT2D eigenvalue weighted by Gasteiger charge is 2.46. The normalized spacial score (nSPS) is 18.9. The summed E-state index contributed by atoms with van der Waals surface area (Å²) in [6, 6.07) is 5.21. The first-order chi connectivity index (χ1) is 14.8. The lowest BCUT2D eigenvalue weighted by molar-refractivity contribution is -0.158. The molecule has 2 aromatic rings. The Labute approximate surface area is 195 Å². The van der Waals surface area contributed by atoms with E-state index in [2.05, 4.69) is 47.4 Å². The van der Waals surface area contributed by atoms with Gasteiger partial charge in [-0.2, -0.15) is 0 Å². The van der Waals surface area contributed by atoms with E-state index in [-0.39, 0.29) is 23.0 Å². The second kappa shape index (κ2) is 8.72. The Kier molecular flexibility index (Phi) is 6.71. The van der Waals surface area contributed by atoms with Crippen LogP contribution < -0.4 is 0 Å². The maximum atomic E-state index is 13.0. The number of hydrogen-bond donors (Lipinski definition) is 0. The maximum Gasteiger partial charge on any atom is 0.332 e. The molecule has 0 spiro atoms. The van der Waals surface area contributed by atoms with Gasteiger partial charge in [0.05, 0.1) is 29.3 Å². The van der Waals surface area contributed by atoms with Crippen LogP contribution in [0, 0.1) is 0 Å². The highest BCUT2D eigenvalue weighted by molar-refractivity contribution is 7.18. The van der Waals surface area contributed by atoms with E-state index >= 15 is 0 Å². The predicted octanol–water partition coefficient (Wildman–Crippen LogP) is 5.42. The monoisotopic (exact) mass is 474 g/mol. The second-order valence-corrected chi connectivity index (χ2v) is 15.9. The van der Waals surface area contributed by atoms with E-state index in [0.29, 0.717) is 12.1 Å². The summed E-state index contributed by atoms with van der Waals surface area (Å²) >= 11 is 1.62. The molecule has 1 fully saturated rings. The van der Waals surface area contributed by atoms with Gasteiger partial charge in [-0.25, -0.2) is 9.78 Å². The number of ether oxygens (including phenoxy) is 1. The molecule has 3 rings (SSSR count). The second-order valence-electron chi connectivity index (χ2n) is 10.1. The van der Waals surface area contributed by atoms with Gasteiger partial charge in [0.25, 0.3) is 0 Å². The van der Waals surface area contributed by atoms with Crippen molar-refractivity contribution in [2.24, 2.45) is 0 Å². The van der Waals surface area contributed by atoms with Crippen molar-refractivity contribution >= 4 is 41.7 Å². The van der Waals surface area contributed by atoms with Crippen LogP contribution >= 0.6 is 11.3 Å². The van der Waals surface area contributed by atoms with Crippen molar-refractivity contribution < 1.29 is 18.8 Å². The van der Waals surface area contributed by atoms with Crippen LogP contribution in [-0.2, 0) is 18.8 Å². The summed E-state index contributed by atoms with van der Waals surface area (Å²) in [5.74, 6) is -0.886. The van der Waals surface area contributed by atoms with Gasteiger partial charge in [-0.3, -0.25) is 4.79 Å². The van der Waals surface area contributed by atoms with Crippen LogP contribution in [0.15, 0.2) is 30.4 Å². The van der Waals surface area contributed by atoms with Crippen LogP contribution in [0.5, 0.6) is 0 Å². The molecule has 1 aromatic heterocycles. The number of benzene rings is 1. The van der Waals surface area contributed by atoms with Crippen molar-refractivity contribution in [3.63, 3.8) is 0 Å². The van der Waals surface area contributed by atoms with Crippen molar-refractivity contribution in [3.05, 3.63) is 40.9 Å².